The van der Waals surface area contributed by atoms with Crippen LogP contribution in [0.1, 0.15) is 29.5 Å². The van der Waals surface area contributed by atoms with Crippen molar-refractivity contribution >= 4 is 5.91 Å². The summed E-state index contributed by atoms with van der Waals surface area (Å²) in [5.41, 5.74) is 9.91. The van der Waals surface area contributed by atoms with Crippen LogP contribution in [0.5, 0.6) is 5.75 Å². The number of hydrazine groups is 1. The summed E-state index contributed by atoms with van der Waals surface area (Å²) >= 11 is 0. The van der Waals surface area contributed by atoms with Gasteiger partial charge in [0.15, 0.2) is 6.61 Å². The zero-order valence-corrected chi connectivity index (χ0v) is 14.9. The molecule has 25 heavy (non-hydrogen) atoms. The summed E-state index contributed by atoms with van der Waals surface area (Å²) in [5.74, 6) is 0.725. The van der Waals surface area contributed by atoms with Gasteiger partial charge in [0.2, 0.25) is 0 Å². The minimum absolute atomic E-state index is 0.00340. The van der Waals surface area contributed by atoms with Crippen LogP contribution in [-0.4, -0.2) is 24.7 Å². The molecule has 1 aliphatic heterocycles. The molecular formula is C20H25N3O2. The molecule has 0 aromatic heterocycles. The molecule has 1 fully saturated rings. The van der Waals surface area contributed by atoms with Crippen LogP contribution in [-0.2, 0) is 4.79 Å². The summed E-state index contributed by atoms with van der Waals surface area (Å²) in [7, 11) is 0. The first-order valence-electron chi connectivity index (χ1n) is 8.60. The zero-order chi connectivity index (χ0) is 17.8. The van der Waals surface area contributed by atoms with Crippen molar-refractivity contribution in [3.63, 3.8) is 0 Å². The highest BCUT2D eigenvalue weighted by molar-refractivity contribution is 5.78. The highest BCUT2D eigenvalue weighted by Gasteiger charge is 2.35. The largest absolute Gasteiger partial charge is 0.484 e. The van der Waals surface area contributed by atoms with E-state index < -0.39 is 0 Å². The number of carbonyl (C=O) groups is 1. The van der Waals surface area contributed by atoms with Gasteiger partial charge in [-0.3, -0.25) is 10.2 Å². The fourth-order valence-electron chi connectivity index (χ4n) is 3.14. The van der Waals surface area contributed by atoms with Gasteiger partial charge in [0.25, 0.3) is 5.91 Å². The second-order valence-electron chi connectivity index (χ2n) is 6.59. The maximum Gasteiger partial charge on any atom is 0.259 e. The Hall–Kier alpha value is -2.37. The molecule has 5 nitrogen and oxygen atoms in total. The Balaban J connectivity index is 1.59. The minimum atomic E-state index is -0.173. The van der Waals surface area contributed by atoms with Crippen molar-refractivity contribution < 1.29 is 9.53 Å². The molecule has 1 amide bonds. The fourth-order valence-corrected chi connectivity index (χ4v) is 3.14. The first-order chi connectivity index (χ1) is 12.0. The van der Waals surface area contributed by atoms with Crippen molar-refractivity contribution in [1.29, 1.82) is 0 Å². The van der Waals surface area contributed by atoms with Gasteiger partial charge in [-0.15, -0.1) is 0 Å². The predicted octanol–water partition coefficient (Wildman–Crippen LogP) is 2.40. The third-order valence-electron chi connectivity index (χ3n) is 4.71. The third-order valence-corrected chi connectivity index (χ3v) is 4.71. The van der Waals surface area contributed by atoms with Crippen molar-refractivity contribution in [2.24, 2.45) is 0 Å². The van der Waals surface area contributed by atoms with Crippen molar-refractivity contribution in [3.8, 4) is 5.75 Å². The quantitative estimate of drug-likeness (QED) is 0.783. The summed E-state index contributed by atoms with van der Waals surface area (Å²) in [6.07, 6.45) is -0.173. The number of rotatable bonds is 5. The van der Waals surface area contributed by atoms with Gasteiger partial charge >= 0.3 is 0 Å². The first kappa shape index (κ1) is 17.5. The second-order valence-corrected chi connectivity index (χ2v) is 6.59. The van der Waals surface area contributed by atoms with Crippen molar-refractivity contribution in [1.82, 2.24) is 16.2 Å². The van der Waals surface area contributed by atoms with Gasteiger partial charge in [-0.1, -0.05) is 36.4 Å². The van der Waals surface area contributed by atoms with E-state index in [0.717, 1.165) is 5.56 Å². The minimum Gasteiger partial charge on any atom is -0.484 e. The van der Waals surface area contributed by atoms with Gasteiger partial charge in [0, 0.05) is 12.0 Å². The molecule has 0 aliphatic carbocycles. The van der Waals surface area contributed by atoms with E-state index in [1.165, 1.54) is 11.1 Å². The Morgan fingerprint density at radius 1 is 1.08 bits per heavy atom. The first-order valence-corrected chi connectivity index (χ1v) is 8.60. The SMILES string of the molecule is Cc1ccc(OCC(=O)NC2NNC(C)C2c2ccccc2)cc1C. The molecule has 0 spiro atoms. The normalized spacial score (nSPS) is 22.6. The van der Waals surface area contributed by atoms with Crippen LogP contribution in [0, 0.1) is 13.8 Å². The molecule has 3 atom stereocenters. The lowest BCUT2D eigenvalue weighted by Gasteiger charge is -2.22. The average Bonchev–Trinajstić information content (AvgIpc) is 2.97. The van der Waals surface area contributed by atoms with E-state index in [1.54, 1.807) is 0 Å². The van der Waals surface area contributed by atoms with Gasteiger partial charge in [0.05, 0.1) is 0 Å². The molecule has 0 radical (unpaired) electrons. The number of nitrogens with one attached hydrogen (secondary N) is 3. The summed E-state index contributed by atoms with van der Waals surface area (Å²) in [6, 6.07) is 16.2. The molecule has 2 aromatic carbocycles. The predicted molar refractivity (Wildman–Crippen MR) is 98.3 cm³/mol. The number of ether oxygens (including phenoxy) is 1. The summed E-state index contributed by atoms with van der Waals surface area (Å²) in [5, 5.41) is 3.02. The van der Waals surface area contributed by atoms with E-state index in [2.05, 4.69) is 42.1 Å². The Morgan fingerprint density at radius 2 is 1.84 bits per heavy atom. The second kappa shape index (κ2) is 7.68. The van der Waals surface area contributed by atoms with Gasteiger partial charge in [-0.2, -0.15) is 0 Å². The maximum absolute atomic E-state index is 12.3. The third kappa shape index (κ3) is 4.18. The van der Waals surface area contributed by atoms with E-state index in [9.17, 15) is 4.79 Å². The van der Waals surface area contributed by atoms with Crippen LogP contribution in [0.25, 0.3) is 0 Å². The molecule has 3 N–H and O–H groups in total. The van der Waals surface area contributed by atoms with E-state index in [0.29, 0.717) is 5.75 Å². The van der Waals surface area contributed by atoms with Crippen LogP contribution in [0.15, 0.2) is 48.5 Å². The van der Waals surface area contributed by atoms with Gasteiger partial charge in [0.1, 0.15) is 11.9 Å². The standard InChI is InChI=1S/C20H25N3O2/c1-13-9-10-17(11-14(13)2)25-12-18(24)21-20-19(15(3)22-23-20)16-7-5-4-6-8-16/h4-11,15,19-20,22-23H,12H2,1-3H3,(H,21,24). The highest BCUT2D eigenvalue weighted by Crippen LogP contribution is 2.25. The number of hydrogen-bond donors (Lipinski definition) is 3. The maximum atomic E-state index is 12.3. The molecule has 2 aromatic rings. The van der Waals surface area contributed by atoms with Gasteiger partial charge in [-0.25, -0.2) is 5.43 Å². The number of benzene rings is 2. The van der Waals surface area contributed by atoms with Crippen molar-refractivity contribution in [3.05, 3.63) is 65.2 Å². The zero-order valence-electron chi connectivity index (χ0n) is 14.9. The van der Waals surface area contributed by atoms with Crippen LogP contribution in [0.4, 0.5) is 0 Å². The topological polar surface area (TPSA) is 62.4 Å². The smallest absolute Gasteiger partial charge is 0.259 e. The van der Waals surface area contributed by atoms with E-state index in [1.807, 2.05) is 43.3 Å². The van der Waals surface area contributed by atoms with Crippen LogP contribution in [0.2, 0.25) is 0 Å². The van der Waals surface area contributed by atoms with E-state index in [-0.39, 0.29) is 30.6 Å². The lowest BCUT2D eigenvalue weighted by molar-refractivity contribution is -0.124. The molecule has 0 saturated carbocycles. The Kier molecular flexibility index (Phi) is 5.36. The molecule has 0 bridgehead atoms. The van der Waals surface area contributed by atoms with Crippen molar-refractivity contribution in [2.45, 2.75) is 38.9 Å². The van der Waals surface area contributed by atoms with Crippen molar-refractivity contribution in [2.75, 3.05) is 6.61 Å². The Bertz CT molecular complexity index is 733. The highest BCUT2D eigenvalue weighted by atomic mass is 16.5. The number of aryl methyl sites for hydroxylation is 2. The van der Waals surface area contributed by atoms with Gasteiger partial charge < -0.3 is 10.1 Å². The van der Waals surface area contributed by atoms with E-state index >= 15 is 0 Å². The molecule has 1 heterocycles. The summed E-state index contributed by atoms with van der Waals surface area (Å²) in [6.45, 7) is 6.18. The van der Waals surface area contributed by atoms with Gasteiger partial charge in [-0.05, 0) is 49.6 Å². The molecule has 132 valence electrons. The lowest BCUT2D eigenvalue weighted by atomic mass is 9.91. The molecule has 3 rings (SSSR count). The number of hydrogen-bond acceptors (Lipinski definition) is 4. The summed E-state index contributed by atoms with van der Waals surface area (Å²) in [4.78, 5) is 12.3. The monoisotopic (exact) mass is 339 g/mol. The lowest BCUT2D eigenvalue weighted by Crippen LogP contribution is -2.47. The molecule has 5 heteroatoms. The molecular weight excluding hydrogens is 314 g/mol. The average molecular weight is 339 g/mol. The summed E-state index contributed by atoms with van der Waals surface area (Å²) < 4.78 is 5.62. The number of carbonyl (C=O) groups excluding carboxylic acids is 1. The fraction of sp³-hybridized carbons (Fsp3) is 0.350. The number of amides is 1. The molecule has 1 saturated heterocycles. The van der Waals surface area contributed by atoms with E-state index in [4.69, 9.17) is 4.74 Å². The molecule has 3 unspecified atom stereocenters. The Labute approximate surface area is 148 Å². The molecule has 1 aliphatic rings. The van der Waals surface area contributed by atoms with Crippen LogP contribution < -0.4 is 20.9 Å². The Morgan fingerprint density at radius 3 is 2.56 bits per heavy atom. The van der Waals surface area contributed by atoms with Crippen LogP contribution in [0.3, 0.4) is 0 Å². The van der Waals surface area contributed by atoms with Crippen LogP contribution >= 0.6 is 0 Å².